The summed E-state index contributed by atoms with van der Waals surface area (Å²) in [5.41, 5.74) is 0.896. The Kier molecular flexibility index (Phi) is 4.37. The van der Waals surface area contributed by atoms with Gasteiger partial charge in [0, 0.05) is 24.3 Å². The maximum absolute atomic E-state index is 12.0. The first kappa shape index (κ1) is 19.1. The van der Waals surface area contributed by atoms with Crippen molar-refractivity contribution in [1.82, 2.24) is 9.80 Å². The molecule has 2 aliphatic carbocycles. The van der Waals surface area contributed by atoms with Gasteiger partial charge in [-0.2, -0.15) is 0 Å². The summed E-state index contributed by atoms with van der Waals surface area (Å²) in [5, 5.41) is 0. The van der Waals surface area contributed by atoms with Crippen molar-refractivity contribution in [3.05, 3.63) is 71.9 Å². The third-order valence-corrected chi connectivity index (χ3v) is 5.92. The molecule has 4 amide bonds. The lowest BCUT2D eigenvalue weighted by molar-refractivity contribution is -0.143. The van der Waals surface area contributed by atoms with Crippen LogP contribution in [-0.2, 0) is 19.2 Å². The highest BCUT2D eigenvalue weighted by atomic mass is 16.2. The second-order valence-corrected chi connectivity index (χ2v) is 8.21. The van der Waals surface area contributed by atoms with Crippen molar-refractivity contribution < 1.29 is 19.2 Å². The van der Waals surface area contributed by atoms with Gasteiger partial charge in [-0.1, -0.05) is 36.5 Å². The van der Waals surface area contributed by atoms with E-state index in [0.29, 0.717) is 19.3 Å². The zero-order valence-electron chi connectivity index (χ0n) is 16.4. The molecule has 0 radical (unpaired) electrons. The van der Waals surface area contributed by atoms with Crippen LogP contribution in [-0.4, -0.2) is 44.5 Å². The lowest BCUT2D eigenvalue weighted by Gasteiger charge is -2.37. The molecule has 2 heterocycles. The van der Waals surface area contributed by atoms with Gasteiger partial charge < -0.3 is 0 Å². The third-order valence-electron chi connectivity index (χ3n) is 5.92. The zero-order valence-corrected chi connectivity index (χ0v) is 16.4. The number of carbonyl (C=O) groups excluding carboxylic acids is 4. The Morgan fingerprint density at radius 1 is 0.655 bits per heavy atom. The zero-order chi connectivity index (χ0) is 20.8. The number of allylic oxidation sites excluding steroid dienone is 4. The monoisotopic (exact) mass is 390 g/mol. The summed E-state index contributed by atoms with van der Waals surface area (Å²) in [6.45, 7) is 3.76. The first-order valence-corrected chi connectivity index (χ1v) is 9.61. The lowest BCUT2D eigenvalue weighted by Crippen LogP contribution is -2.49. The smallest absolute Gasteiger partial charge is 0.254 e. The molecular weight excluding hydrogens is 368 g/mol. The van der Waals surface area contributed by atoms with Crippen molar-refractivity contribution in [1.29, 1.82) is 0 Å². The van der Waals surface area contributed by atoms with E-state index in [0.717, 1.165) is 11.1 Å². The van der Waals surface area contributed by atoms with Gasteiger partial charge in [0.15, 0.2) is 0 Å². The molecule has 0 aromatic carbocycles. The molecular formula is C23H22N2O4. The van der Waals surface area contributed by atoms with Gasteiger partial charge in [-0.05, 0) is 44.3 Å². The Morgan fingerprint density at radius 3 is 1.28 bits per heavy atom. The predicted molar refractivity (Wildman–Crippen MR) is 107 cm³/mol. The van der Waals surface area contributed by atoms with E-state index in [4.69, 9.17) is 0 Å². The molecule has 0 spiro atoms. The number of hydrogen-bond acceptors (Lipinski definition) is 4. The van der Waals surface area contributed by atoms with E-state index in [9.17, 15) is 19.2 Å². The van der Waals surface area contributed by atoms with Crippen LogP contribution in [0.5, 0.6) is 0 Å². The van der Waals surface area contributed by atoms with Crippen LogP contribution in [0.15, 0.2) is 71.9 Å². The van der Waals surface area contributed by atoms with Crippen LogP contribution < -0.4 is 0 Å². The van der Waals surface area contributed by atoms with Crippen molar-refractivity contribution in [2.24, 2.45) is 0 Å². The number of rotatable bonds is 4. The Bertz CT molecular complexity index is 894. The van der Waals surface area contributed by atoms with Crippen molar-refractivity contribution in [2.45, 2.75) is 44.2 Å². The summed E-state index contributed by atoms with van der Waals surface area (Å²) in [7, 11) is 0. The average Bonchev–Trinajstić information content (AvgIpc) is 3.21. The van der Waals surface area contributed by atoms with Crippen molar-refractivity contribution in [2.75, 3.05) is 0 Å². The third kappa shape index (κ3) is 3.24. The Morgan fingerprint density at radius 2 is 1.00 bits per heavy atom. The van der Waals surface area contributed by atoms with E-state index in [1.165, 1.54) is 34.1 Å². The summed E-state index contributed by atoms with van der Waals surface area (Å²) in [4.78, 5) is 50.6. The molecule has 0 aromatic rings. The quantitative estimate of drug-likeness (QED) is 0.692. The van der Waals surface area contributed by atoms with Crippen molar-refractivity contribution in [3.63, 3.8) is 0 Å². The second-order valence-electron chi connectivity index (χ2n) is 8.21. The number of amides is 4. The van der Waals surface area contributed by atoms with E-state index in [-0.39, 0.29) is 23.6 Å². The van der Waals surface area contributed by atoms with E-state index >= 15 is 0 Å². The molecule has 0 aromatic heterocycles. The van der Waals surface area contributed by atoms with Gasteiger partial charge in [-0.3, -0.25) is 29.0 Å². The molecule has 148 valence electrons. The number of imide groups is 2. The molecule has 6 nitrogen and oxygen atoms in total. The van der Waals surface area contributed by atoms with E-state index in [2.05, 4.69) is 12.2 Å². The number of hydrogen-bond donors (Lipinski definition) is 0. The van der Waals surface area contributed by atoms with E-state index in [1.54, 1.807) is 0 Å². The summed E-state index contributed by atoms with van der Waals surface area (Å²) in [5.74, 6) is -1.12. The molecule has 0 fully saturated rings. The Balaban J connectivity index is 1.41. The molecule has 4 rings (SSSR count). The maximum Gasteiger partial charge on any atom is 0.254 e. The van der Waals surface area contributed by atoms with Crippen LogP contribution in [0.1, 0.15) is 33.1 Å². The van der Waals surface area contributed by atoms with Crippen LogP contribution >= 0.6 is 0 Å². The lowest BCUT2D eigenvalue weighted by atomic mass is 9.84. The van der Waals surface area contributed by atoms with E-state index < -0.39 is 11.1 Å². The summed E-state index contributed by atoms with van der Waals surface area (Å²) in [6, 6.07) is 0. The summed E-state index contributed by atoms with van der Waals surface area (Å²) in [6.07, 6.45) is 18.9. The van der Waals surface area contributed by atoms with Gasteiger partial charge in [0.1, 0.15) is 0 Å². The van der Waals surface area contributed by atoms with Crippen LogP contribution in [0, 0.1) is 0 Å². The number of carbonyl (C=O) groups is 4. The Hall–Kier alpha value is -3.28. The molecule has 0 saturated heterocycles. The minimum atomic E-state index is -0.653. The molecule has 0 bridgehead atoms. The molecule has 0 saturated carbocycles. The molecule has 2 unspecified atom stereocenters. The van der Waals surface area contributed by atoms with Crippen molar-refractivity contribution >= 4 is 23.6 Å². The van der Waals surface area contributed by atoms with Gasteiger partial charge in [0.2, 0.25) is 0 Å². The highest BCUT2D eigenvalue weighted by Gasteiger charge is 2.40. The minimum Gasteiger partial charge on any atom is -0.269 e. The van der Waals surface area contributed by atoms with Crippen LogP contribution in [0.4, 0.5) is 0 Å². The van der Waals surface area contributed by atoms with E-state index in [1.807, 2.05) is 38.2 Å². The summed E-state index contributed by atoms with van der Waals surface area (Å²) < 4.78 is 0. The van der Waals surface area contributed by atoms with Crippen LogP contribution in [0.3, 0.4) is 0 Å². The topological polar surface area (TPSA) is 74.8 Å². The molecule has 4 aliphatic rings. The fourth-order valence-electron chi connectivity index (χ4n) is 4.16. The molecule has 0 N–H and O–H groups in total. The predicted octanol–water partition coefficient (Wildman–Crippen LogP) is 2.52. The van der Waals surface area contributed by atoms with Crippen LogP contribution in [0.2, 0.25) is 0 Å². The molecule has 6 heteroatoms. The largest absolute Gasteiger partial charge is 0.269 e. The van der Waals surface area contributed by atoms with Gasteiger partial charge in [0.25, 0.3) is 23.6 Å². The maximum atomic E-state index is 12.0. The molecule has 2 atom stereocenters. The van der Waals surface area contributed by atoms with Gasteiger partial charge in [-0.25, -0.2) is 0 Å². The standard InChI is InChI=1S/C23H22N2O4/c1-22(24-18(26)3-4-19(24)27)11-7-16(8-12-22)15-17-9-13-23(2,14-10-17)25-20(28)5-6-21(25)29/h3-11,13H,12,14-15H2,1-2H3. The number of nitrogens with zero attached hydrogens (tertiary/aromatic N) is 2. The van der Waals surface area contributed by atoms with Gasteiger partial charge in [0.05, 0.1) is 11.1 Å². The Labute approximate surface area is 169 Å². The first-order chi connectivity index (χ1) is 13.7. The highest BCUT2D eigenvalue weighted by molar-refractivity contribution is 6.14. The van der Waals surface area contributed by atoms with Crippen molar-refractivity contribution in [3.8, 4) is 0 Å². The SMILES string of the molecule is CC1(N2C(=O)C=CC2=O)C=CC(CC2=CCC(C)(N3C(=O)C=CC3=O)C=C2)=CC1. The molecule has 29 heavy (non-hydrogen) atoms. The fraction of sp³-hybridized carbons (Fsp3) is 0.304. The van der Waals surface area contributed by atoms with Crippen LogP contribution in [0.25, 0.3) is 0 Å². The first-order valence-electron chi connectivity index (χ1n) is 9.61. The minimum absolute atomic E-state index is 0.281. The van der Waals surface area contributed by atoms with Gasteiger partial charge in [-0.15, -0.1) is 0 Å². The normalized spacial score (nSPS) is 31.2. The average molecular weight is 390 g/mol. The fourth-order valence-corrected chi connectivity index (χ4v) is 4.16. The van der Waals surface area contributed by atoms with Gasteiger partial charge >= 0.3 is 0 Å². The highest BCUT2D eigenvalue weighted by Crippen LogP contribution is 2.34. The summed E-state index contributed by atoms with van der Waals surface area (Å²) >= 11 is 0. The molecule has 2 aliphatic heterocycles. The second kappa shape index (κ2) is 6.65.